The summed E-state index contributed by atoms with van der Waals surface area (Å²) < 4.78 is 1.80. The Balaban J connectivity index is 1.89. The molecule has 2 heterocycles. The van der Waals surface area contributed by atoms with Crippen LogP contribution < -0.4 is 4.90 Å². The molecule has 5 nitrogen and oxygen atoms in total. The second-order valence-corrected chi connectivity index (χ2v) is 8.19. The maximum Gasteiger partial charge on any atom is 0.231 e. The average molecular weight is 414 g/mol. The molecule has 0 aromatic carbocycles. The number of rotatable bonds is 5. The summed E-state index contributed by atoms with van der Waals surface area (Å²) in [5.74, 6) is -0.213. The Bertz CT molecular complexity index is 843. The normalized spacial score (nSPS) is 20.5. The number of halogens is 3. The van der Waals surface area contributed by atoms with Gasteiger partial charge in [-0.3, -0.25) is 9.78 Å². The largest absolute Gasteiger partial charge is 0.308 e. The van der Waals surface area contributed by atoms with Crippen molar-refractivity contribution >= 4 is 46.4 Å². The first-order chi connectivity index (χ1) is 12.3. The molecule has 2 unspecified atom stereocenters. The molecule has 0 saturated heterocycles. The van der Waals surface area contributed by atoms with Crippen molar-refractivity contribution in [3.05, 3.63) is 46.4 Å². The molecule has 3 rings (SSSR count). The zero-order valence-corrected chi connectivity index (χ0v) is 16.9. The highest BCUT2D eigenvalue weighted by Crippen LogP contribution is 2.60. The van der Waals surface area contributed by atoms with Gasteiger partial charge in [-0.2, -0.15) is 5.10 Å². The molecule has 1 fully saturated rings. The molecule has 1 amide bonds. The third-order valence-corrected chi connectivity index (χ3v) is 5.44. The highest BCUT2D eigenvalue weighted by Gasteiger charge is 2.61. The van der Waals surface area contributed by atoms with E-state index in [1.165, 1.54) is 0 Å². The number of pyridine rings is 1. The molecule has 0 radical (unpaired) electrons. The van der Waals surface area contributed by atoms with Crippen molar-refractivity contribution in [3.8, 4) is 5.69 Å². The predicted molar refractivity (Wildman–Crippen MR) is 105 cm³/mol. The second-order valence-electron chi connectivity index (χ2n) is 6.82. The minimum atomic E-state index is -0.203. The SMILES string of the molecule is CCN(C(=O)C1C(C=C(Cl)Cl)C1(C)C)c1cn(-c2cccnc2)nc1Cl. The van der Waals surface area contributed by atoms with Crippen LogP contribution in [0, 0.1) is 17.3 Å². The molecule has 2 aromatic rings. The van der Waals surface area contributed by atoms with Crippen LogP contribution >= 0.6 is 34.8 Å². The Morgan fingerprint density at radius 2 is 2.15 bits per heavy atom. The van der Waals surface area contributed by atoms with Gasteiger partial charge in [0.05, 0.1) is 24.0 Å². The molecule has 1 aliphatic rings. The molecule has 0 spiro atoms. The molecule has 0 N–H and O–H groups in total. The summed E-state index contributed by atoms with van der Waals surface area (Å²) >= 11 is 17.9. The van der Waals surface area contributed by atoms with Crippen molar-refractivity contribution in [2.45, 2.75) is 20.8 Å². The molecule has 138 valence electrons. The Hall–Kier alpha value is -1.56. The van der Waals surface area contributed by atoms with Crippen LogP contribution in [0.2, 0.25) is 5.15 Å². The van der Waals surface area contributed by atoms with Crippen LogP contribution in [0.4, 0.5) is 5.69 Å². The summed E-state index contributed by atoms with van der Waals surface area (Å²) in [6.45, 7) is 6.45. The number of hydrogen-bond acceptors (Lipinski definition) is 3. The Morgan fingerprint density at radius 1 is 1.42 bits per heavy atom. The topological polar surface area (TPSA) is 51.0 Å². The van der Waals surface area contributed by atoms with Crippen molar-refractivity contribution in [3.63, 3.8) is 0 Å². The lowest BCUT2D eigenvalue weighted by Gasteiger charge is -2.20. The first-order valence-corrected chi connectivity index (χ1v) is 9.40. The number of nitrogens with zero attached hydrogens (tertiary/aromatic N) is 4. The van der Waals surface area contributed by atoms with Crippen LogP contribution in [0.15, 0.2) is 41.3 Å². The minimum absolute atomic E-state index is 0.00111. The standard InChI is InChI=1S/C18H19Cl3N4O/c1-4-24(17(26)15-12(8-14(19)20)18(15,2)3)13-10-25(23-16(13)21)11-6-5-7-22-9-11/h5-10,12,15H,4H2,1-3H3. The first kappa shape index (κ1) is 19.2. The lowest BCUT2D eigenvalue weighted by Crippen LogP contribution is -2.33. The van der Waals surface area contributed by atoms with E-state index in [0.717, 1.165) is 5.69 Å². The van der Waals surface area contributed by atoms with Gasteiger partial charge in [0, 0.05) is 12.7 Å². The molecule has 2 atom stereocenters. The maximum absolute atomic E-state index is 13.1. The fourth-order valence-electron chi connectivity index (χ4n) is 3.36. The van der Waals surface area contributed by atoms with Crippen LogP contribution in [0.5, 0.6) is 0 Å². The molecule has 1 aliphatic carbocycles. The Labute approximate surface area is 167 Å². The Kier molecular flexibility index (Phi) is 5.33. The highest BCUT2D eigenvalue weighted by atomic mass is 35.5. The van der Waals surface area contributed by atoms with E-state index >= 15 is 0 Å². The van der Waals surface area contributed by atoms with Crippen LogP contribution in [-0.4, -0.2) is 27.2 Å². The van der Waals surface area contributed by atoms with E-state index in [0.29, 0.717) is 12.2 Å². The second kappa shape index (κ2) is 7.22. The number of allylic oxidation sites excluding steroid dienone is 1. The molecule has 2 aromatic heterocycles. The first-order valence-electron chi connectivity index (χ1n) is 8.27. The van der Waals surface area contributed by atoms with Gasteiger partial charge < -0.3 is 4.90 Å². The highest BCUT2D eigenvalue weighted by molar-refractivity contribution is 6.55. The summed E-state index contributed by atoms with van der Waals surface area (Å²) in [7, 11) is 0. The van der Waals surface area contributed by atoms with Gasteiger partial charge in [0.25, 0.3) is 0 Å². The van der Waals surface area contributed by atoms with Crippen LogP contribution in [-0.2, 0) is 4.79 Å². The average Bonchev–Trinajstić information content (AvgIpc) is 2.92. The third-order valence-electron chi connectivity index (χ3n) is 4.92. The molecule has 0 bridgehead atoms. The summed E-state index contributed by atoms with van der Waals surface area (Å²) in [5, 5.41) is 4.58. The zero-order chi connectivity index (χ0) is 19.1. The third kappa shape index (κ3) is 3.48. The van der Waals surface area contributed by atoms with Gasteiger partial charge in [-0.25, -0.2) is 4.68 Å². The van der Waals surface area contributed by atoms with Gasteiger partial charge in [-0.15, -0.1) is 0 Å². The van der Waals surface area contributed by atoms with Gasteiger partial charge in [0.15, 0.2) is 5.15 Å². The number of carbonyl (C=O) groups is 1. The number of carbonyl (C=O) groups excluding carboxylic acids is 1. The van der Waals surface area contributed by atoms with E-state index in [-0.39, 0.29) is 32.8 Å². The van der Waals surface area contributed by atoms with E-state index in [9.17, 15) is 4.79 Å². The molecule has 1 saturated carbocycles. The van der Waals surface area contributed by atoms with Crippen LogP contribution in [0.1, 0.15) is 20.8 Å². The van der Waals surface area contributed by atoms with E-state index in [2.05, 4.69) is 10.1 Å². The van der Waals surface area contributed by atoms with E-state index < -0.39 is 0 Å². The van der Waals surface area contributed by atoms with Crippen molar-refractivity contribution < 1.29 is 4.79 Å². The van der Waals surface area contributed by atoms with Gasteiger partial charge in [-0.05, 0) is 36.5 Å². The summed E-state index contributed by atoms with van der Waals surface area (Å²) in [6.07, 6.45) is 6.84. The van der Waals surface area contributed by atoms with Crippen molar-refractivity contribution in [2.24, 2.45) is 17.3 Å². The maximum atomic E-state index is 13.1. The van der Waals surface area contributed by atoms with Gasteiger partial charge >= 0.3 is 0 Å². The fourth-order valence-corrected chi connectivity index (χ4v) is 3.86. The molecular weight excluding hydrogens is 395 g/mol. The minimum Gasteiger partial charge on any atom is -0.308 e. The molecule has 8 heteroatoms. The van der Waals surface area contributed by atoms with Crippen molar-refractivity contribution in [1.82, 2.24) is 14.8 Å². The number of amides is 1. The van der Waals surface area contributed by atoms with Gasteiger partial charge in [-0.1, -0.05) is 48.7 Å². The van der Waals surface area contributed by atoms with E-state index in [1.807, 2.05) is 32.9 Å². The monoisotopic (exact) mass is 412 g/mol. The van der Waals surface area contributed by atoms with Crippen molar-refractivity contribution in [1.29, 1.82) is 0 Å². The fraction of sp³-hybridized carbons (Fsp3) is 0.389. The van der Waals surface area contributed by atoms with Crippen LogP contribution in [0.3, 0.4) is 0 Å². The number of anilines is 1. The summed E-state index contributed by atoms with van der Waals surface area (Å²) in [6, 6.07) is 3.68. The molecular formula is C18H19Cl3N4O. The number of aromatic nitrogens is 3. The zero-order valence-electron chi connectivity index (χ0n) is 14.7. The summed E-state index contributed by atoms with van der Waals surface area (Å²) in [4.78, 5) is 18.9. The predicted octanol–water partition coefficient (Wildman–Crippen LogP) is 4.86. The number of hydrogen-bond donors (Lipinski definition) is 0. The summed E-state index contributed by atoms with van der Waals surface area (Å²) in [5.41, 5.74) is 1.14. The van der Waals surface area contributed by atoms with Gasteiger partial charge in [0.2, 0.25) is 5.91 Å². The van der Waals surface area contributed by atoms with E-state index in [1.54, 1.807) is 34.2 Å². The smallest absolute Gasteiger partial charge is 0.231 e. The Morgan fingerprint density at radius 3 is 2.73 bits per heavy atom. The van der Waals surface area contributed by atoms with E-state index in [4.69, 9.17) is 34.8 Å². The lowest BCUT2D eigenvalue weighted by atomic mass is 10.1. The quantitative estimate of drug-likeness (QED) is 0.703. The van der Waals surface area contributed by atoms with Gasteiger partial charge in [0.1, 0.15) is 10.2 Å². The lowest BCUT2D eigenvalue weighted by molar-refractivity contribution is -0.120. The molecule has 26 heavy (non-hydrogen) atoms. The molecule has 0 aliphatic heterocycles. The van der Waals surface area contributed by atoms with Crippen LogP contribution in [0.25, 0.3) is 5.69 Å². The van der Waals surface area contributed by atoms with Crippen molar-refractivity contribution in [2.75, 3.05) is 11.4 Å².